The van der Waals surface area contributed by atoms with Gasteiger partial charge in [-0.1, -0.05) is 0 Å². The van der Waals surface area contributed by atoms with E-state index in [2.05, 4.69) is 36.6 Å². The van der Waals surface area contributed by atoms with Crippen molar-refractivity contribution in [3.05, 3.63) is 0 Å². The van der Waals surface area contributed by atoms with Crippen LogP contribution in [0.1, 0.15) is 40.5 Å². The minimum atomic E-state index is -0.424. The topological polar surface area (TPSA) is 53.6 Å². The minimum absolute atomic E-state index is 0.252. The van der Waals surface area contributed by atoms with Crippen molar-refractivity contribution in [1.29, 1.82) is 0 Å². The lowest BCUT2D eigenvalue weighted by Gasteiger charge is -2.37. The molecule has 0 heterocycles. The molecule has 5 heteroatoms. The highest BCUT2D eigenvalue weighted by Gasteiger charge is 2.31. The van der Waals surface area contributed by atoms with Crippen LogP contribution >= 0.6 is 0 Å². The number of nitrogens with zero attached hydrogens (tertiary/aromatic N) is 1. The standard InChI is InChI=1S/C14H29N3O2/c1-10(17(5)6)9-15-11-7-12(8-11)16-13(18)19-14(2,3)4/h10-12,15H,7-9H2,1-6H3,(H,16,18). The van der Waals surface area contributed by atoms with E-state index in [0.29, 0.717) is 12.1 Å². The van der Waals surface area contributed by atoms with Crippen molar-refractivity contribution in [2.24, 2.45) is 0 Å². The molecule has 0 radical (unpaired) electrons. The summed E-state index contributed by atoms with van der Waals surface area (Å²) in [5.74, 6) is 0. The first kappa shape index (κ1) is 16.2. The van der Waals surface area contributed by atoms with Gasteiger partial charge in [-0.05, 0) is 54.6 Å². The third-order valence-electron chi connectivity index (χ3n) is 3.44. The molecule has 0 spiro atoms. The van der Waals surface area contributed by atoms with E-state index in [1.807, 2.05) is 20.8 Å². The molecule has 2 N–H and O–H groups in total. The fraction of sp³-hybridized carbons (Fsp3) is 0.929. The molecule has 0 aromatic heterocycles. The number of carbonyl (C=O) groups is 1. The second-order valence-corrected chi connectivity index (χ2v) is 6.73. The van der Waals surface area contributed by atoms with Crippen LogP contribution in [0.5, 0.6) is 0 Å². The van der Waals surface area contributed by atoms with Crippen molar-refractivity contribution in [2.45, 2.75) is 64.3 Å². The molecule has 0 aromatic carbocycles. The molecule has 0 bridgehead atoms. The Morgan fingerprint density at radius 1 is 1.32 bits per heavy atom. The predicted molar refractivity (Wildman–Crippen MR) is 77.3 cm³/mol. The van der Waals surface area contributed by atoms with Gasteiger partial charge in [0.1, 0.15) is 5.60 Å². The first-order valence-corrected chi connectivity index (χ1v) is 7.06. The zero-order chi connectivity index (χ0) is 14.6. The van der Waals surface area contributed by atoms with Crippen molar-refractivity contribution >= 4 is 6.09 Å². The Morgan fingerprint density at radius 2 is 1.89 bits per heavy atom. The SMILES string of the molecule is CC(CNC1CC(NC(=O)OC(C)(C)C)C1)N(C)C. The predicted octanol–water partition coefficient (Wildman–Crippen LogP) is 1.58. The number of carbonyl (C=O) groups excluding carboxylic acids is 1. The molecule has 0 saturated heterocycles. The van der Waals surface area contributed by atoms with Crippen LogP contribution < -0.4 is 10.6 Å². The molecule has 0 aromatic rings. The number of amides is 1. The minimum Gasteiger partial charge on any atom is -0.444 e. The normalized spacial score (nSPS) is 24.8. The molecule has 1 amide bonds. The summed E-state index contributed by atoms with van der Waals surface area (Å²) < 4.78 is 5.23. The summed E-state index contributed by atoms with van der Waals surface area (Å²) in [5.41, 5.74) is -0.424. The lowest BCUT2D eigenvalue weighted by atomic mass is 9.87. The summed E-state index contributed by atoms with van der Waals surface area (Å²) in [6.45, 7) is 8.81. The summed E-state index contributed by atoms with van der Waals surface area (Å²) in [5, 5.41) is 6.42. The van der Waals surface area contributed by atoms with E-state index in [4.69, 9.17) is 4.74 Å². The first-order chi connectivity index (χ1) is 8.67. The number of hydrogen-bond donors (Lipinski definition) is 2. The highest BCUT2D eigenvalue weighted by molar-refractivity contribution is 5.68. The van der Waals surface area contributed by atoms with E-state index in [0.717, 1.165) is 19.4 Å². The van der Waals surface area contributed by atoms with Crippen molar-refractivity contribution in [3.8, 4) is 0 Å². The summed E-state index contributed by atoms with van der Waals surface area (Å²) in [7, 11) is 4.17. The van der Waals surface area contributed by atoms with Gasteiger partial charge in [0.2, 0.25) is 0 Å². The van der Waals surface area contributed by atoms with Gasteiger partial charge in [0.25, 0.3) is 0 Å². The molecule has 1 rings (SSSR count). The number of hydrogen-bond acceptors (Lipinski definition) is 4. The fourth-order valence-electron chi connectivity index (χ4n) is 1.90. The van der Waals surface area contributed by atoms with E-state index in [1.54, 1.807) is 0 Å². The molecule has 1 aliphatic carbocycles. The van der Waals surface area contributed by atoms with E-state index in [-0.39, 0.29) is 12.1 Å². The molecule has 19 heavy (non-hydrogen) atoms. The number of alkyl carbamates (subject to hydrolysis) is 1. The smallest absolute Gasteiger partial charge is 0.407 e. The molecular formula is C14H29N3O2. The molecule has 1 saturated carbocycles. The molecule has 1 unspecified atom stereocenters. The van der Waals surface area contributed by atoms with Crippen molar-refractivity contribution in [3.63, 3.8) is 0 Å². The number of rotatable bonds is 5. The Hall–Kier alpha value is -0.810. The number of ether oxygens (including phenoxy) is 1. The summed E-state index contributed by atoms with van der Waals surface area (Å²) in [4.78, 5) is 13.8. The van der Waals surface area contributed by atoms with E-state index >= 15 is 0 Å². The van der Waals surface area contributed by atoms with Crippen LogP contribution in [0.25, 0.3) is 0 Å². The summed E-state index contributed by atoms with van der Waals surface area (Å²) >= 11 is 0. The Balaban J connectivity index is 2.12. The van der Waals surface area contributed by atoms with Crippen LogP contribution in [0.2, 0.25) is 0 Å². The first-order valence-electron chi connectivity index (χ1n) is 7.06. The Kier molecular flexibility index (Phi) is 5.62. The van der Waals surface area contributed by atoms with E-state index in [1.165, 1.54) is 0 Å². The molecule has 1 aliphatic rings. The van der Waals surface area contributed by atoms with Crippen LogP contribution in [0.3, 0.4) is 0 Å². The highest BCUT2D eigenvalue weighted by atomic mass is 16.6. The lowest BCUT2D eigenvalue weighted by Crippen LogP contribution is -2.54. The summed E-state index contributed by atoms with van der Waals surface area (Å²) in [6, 6.07) is 1.29. The number of nitrogens with one attached hydrogen (secondary N) is 2. The van der Waals surface area contributed by atoms with Crippen molar-refractivity contribution in [2.75, 3.05) is 20.6 Å². The Bertz CT molecular complexity index is 294. The molecule has 5 nitrogen and oxygen atoms in total. The fourth-order valence-corrected chi connectivity index (χ4v) is 1.90. The maximum atomic E-state index is 11.6. The van der Waals surface area contributed by atoms with Gasteiger partial charge in [0.05, 0.1) is 0 Å². The van der Waals surface area contributed by atoms with Crippen LogP contribution in [0.15, 0.2) is 0 Å². The van der Waals surface area contributed by atoms with Crippen molar-refractivity contribution < 1.29 is 9.53 Å². The van der Waals surface area contributed by atoms with Gasteiger partial charge in [0.15, 0.2) is 0 Å². The molecule has 1 atom stereocenters. The van der Waals surface area contributed by atoms with E-state index < -0.39 is 5.60 Å². The second kappa shape index (κ2) is 6.57. The van der Waals surface area contributed by atoms with Gasteiger partial charge in [0, 0.05) is 24.7 Å². The van der Waals surface area contributed by atoms with Crippen LogP contribution in [-0.4, -0.2) is 55.4 Å². The molecule has 112 valence electrons. The average Bonchev–Trinajstić information content (AvgIpc) is 2.17. The van der Waals surface area contributed by atoms with Crippen LogP contribution in [-0.2, 0) is 4.74 Å². The average molecular weight is 271 g/mol. The highest BCUT2D eigenvalue weighted by Crippen LogP contribution is 2.20. The maximum absolute atomic E-state index is 11.6. The summed E-state index contributed by atoms with van der Waals surface area (Å²) in [6.07, 6.45) is 1.66. The zero-order valence-electron chi connectivity index (χ0n) is 13.1. The van der Waals surface area contributed by atoms with Gasteiger partial charge < -0.3 is 20.3 Å². The number of likely N-dealkylation sites (N-methyl/N-ethyl adjacent to an activating group) is 1. The van der Waals surface area contributed by atoms with Crippen LogP contribution in [0, 0.1) is 0 Å². The quantitative estimate of drug-likeness (QED) is 0.797. The Labute approximate surface area is 117 Å². The van der Waals surface area contributed by atoms with Gasteiger partial charge in [-0.15, -0.1) is 0 Å². The largest absolute Gasteiger partial charge is 0.444 e. The second-order valence-electron chi connectivity index (χ2n) is 6.73. The molecular weight excluding hydrogens is 242 g/mol. The van der Waals surface area contributed by atoms with Crippen molar-refractivity contribution in [1.82, 2.24) is 15.5 Å². The third kappa shape index (κ3) is 6.25. The lowest BCUT2D eigenvalue weighted by molar-refractivity contribution is 0.0464. The monoisotopic (exact) mass is 271 g/mol. The van der Waals surface area contributed by atoms with Crippen LogP contribution in [0.4, 0.5) is 4.79 Å². The Morgan fingerprint density at radius 3 is 2.37 bits per heavy atom. The van der Waals surface area contributed by atoms with E-state index in [9.17, 15) is 4.79 Å². The van der Waals surface area contributed by atoms with Gasteiger partial charge in [-0.2, -0.15) is 0 Å². The molecule has 0 aliphatic heterocycles. The molecule has 1 fully saturated rings. The maximum Gasteiger partial charge on any atom is 0.407 e. The third-order valence-corrected chi connectivity index (χ3v) is 3.44. The van der Waals surface area contributed by atoms with Gasteiger partial charge in [-0.3, -0.25) is 0 Å². The zero-order valence-corrected chi connectivity index (χ0v) is 13.1. The van der Waals surface area contributed by atoms with Gasteiger partial charge in [-0.25, -0.2) is 4.79 Å². The van der Waals surface area contributed by atoms with Gasteiger partial charge >= 0.3 is 6.09 Å².